The predicted molar refractivity (Wildman–Crippen MR) is 61.9 cm³/mol. The minimum absolute atomic E-state index is 0.170. The average molecular weight is 212 g/mol. The quantitative estimate of drug-likeness (QED) is 0.653. The number of hydrogen-bond acceptors (Lipinski definition) is 2. The van der Waals surface area contributed by atoms with Gasteiger partial charge in [-0.05, 0) is 19.8 Å². The van der Waals surface area contributed by atoms with Gasteiger partial charge in [0.05, 0.1) is 6.10 Å². The van der Waals surface area contributed by atoms with Crippen LogP contribution in [0.25, 0.3) is 0 Å². The lowest BCUT2D eigenvalue weighted by Gasteiger charge is -2.13. The van der Waals surface area contributed by atoms with Crippen LogP contribution in [-0.2, 0) is 9.53 Å². The first kappa shape index (κ1) is 12.7. The second-order valence-corrected chi connectivity index (χ2v) is 4.96. The van der Waals surface area contributed by atoms with Crippen LogP contribution in [0.15, 0.2) is 0 Å². The van der Waals surface area contributed by atoms with Crippen LogP contribution >= 0.6 is 0 Å². The summed E-state index contributed by atoms with van der Waals surface area (Å²) in [6.07, 6.45) is 8.72. The number of hydrogen-bond donors (Lipinski definition) is 0. The van der Waals surface area contributed by atoms with E-state index in [1.54, 1.807) is 0 Å². The SMILES string of the molecule is CC(C)OCC(=O)CC1CCCCCC1. The van der Waals surface area contributed by atoms with Crippen LogP contribution in [0.4, 0.5) is 0 Å². The first-order chi connectivity index (χ1) is 7.18. The van der Waals surface area contributed by atoms with Gasteiger partial charge in [0.2, 0.25) is 0 Å². The second-order valence-electron chi connectivity index (χ2n) is 4.96. The minimum atomic E-state index is 0.170. The van der Waals surface area contributed by atoms with Gasteiger partial charge < -0.3 is 4.74 Å². The van der Waals surface area contributed by atoms with Gasteiger partial charge in [-0.25, -0.2) is 0 Å². The van der Waals surface area contributed by atoms with E-state index in [0.717, 1.165) is 6.42 Å². The van der Waals surface area contributed by atoms with Crippen molar-refractivity contribution in [3.8, 4) is 0 Å². The third-order valence-electron chi connectivity index (χ3n) is 3.07. The number of ether oxygens (including phenoxy) is 1. The van der Waals surface area contributed by atoms with Gasteiger partial charge in [-0.2, -0.15) is 0 Å². The molecule has 2 nitrogen and oxygen atoms in total. The maximum Gasteiger partial charge on any atom is 0.158 e. The Labute approximate surface area is 93.4 Å². The van der Waals surface area contributed by atoms with Crippen molar-refractivity contribution >= 4 is 5.78 Å². The normalized spacial score (nSPS) is 19.1. The molecule has 0 atom stereocenters. The molecule has 1 rings (SSSR count). The lowest BCUT2D eigenvalue weighted by Crippen LogP contribution is -2.16. The van der Waals surface area contributed by atoms with Crippen LogP contribution in [0.5, 0.6) is 0 Å². The molecule has 1 fully saturated rings. The second kappa shape index (κ2) is 7.00. The van der Waals surface area contributed by atoms with Gasteiger partial charge in [-0.3, -0.25) is 4.79 Å². The van der Waals surface area contributed by atoms with Gasteiger partial charge in [0, 0.05) is 6.42 Å². The topological polar surface area (TPSA) is 26.3 Å². The largest absolute Gasteiger partial charge is 0.371 e. The lowest BCUT2D eigenvalue weighted by atomic mass is 9.95. The zero-order valence-electron chi connectivity index (χ0n) is 10.1. The molecule has 0 aliphatic heterocycles. The fourth-order valence-corrected chi connectivity index (χ4v) is 2.21. The molecule has 1 aliphatic rings. The molecule has 0 bridgehead atoms. The van der Waals surface area contributed by atoms with E-state index in [9.17, 15) is 4.79 Å². The molecule has 2 heteroatoms. The highest BCUT2D eigenvalue weighted by Crippen LogP contribution is 2.25. The Morgan fingerprint density at radius 1 is 1.20 bits per heavy atom. The molecule has 0 aromatic heterocycles. The van der Waals surface area contributed by atoms with Crippen LogP contribution in [-0.4, -0.2) is 18.5 Å². The van der Waals surface area contributed by atoms with Crippen molar-refractivity contribution in [3.05, 3.63) is 0 Å². The summed E-state index contributed by atoms with van der Waals surface area (Å²) in [5, 5.41) is 0. The summed E-state index contributed by atoms with van der Waals surface area (Å²) < 4.78 is 5.33. The molecule has 0 amide bonds. The van der Waals surface area contributed by atoms with Crippen LogP contribution < -0.4 is 0 Å². The number of carbonyl (C=O) groups is 1. The fourth-order valence-electron chi connectivity index (χ4n) is 2.21. The van der Waals surface area contributed by atoms with Gasteiger partial charge in [0.15, 0.2) is 5.78 Å². The van der Waals surface area contributed by atoms with E-state index >= 15 is 0 Å². The van der Waals surface area contributed by atoms with E-state index in [1.807, 2.05) is 13.8 Å². The van der Waals surface area contributed by atoms with Crippen molar-refractivity contribution in [2.45, 2.75) is 64.9 Å². The van der Waals surface area contributed by atoms with Gasteiger partial charge in [0.25, 0.3) is 0 Å². The Kier molecular flexibility index (Phi) is 5.92. The summed E-state index contributed by atoms with van der Waals surface area (Å²) in [4.78, 5) is 11.6. The zero-order valence-corrected chi connectivity index (χ0v) is 10.1. The summed E-state index contributed by atoms with van der Waals surface area (Å²) in [5.41, 5.74) is 0. The number of rotatable bonds is 5. The van der Waals surface area contributed by atoms with E-state index in [2.05, 4.69) is 0 Å². The Balaban J connectivity index is 2.17. The first-order valence-electron chi connectivity index (χ1n) is 6.32. The van der Waals surface area contributed by atoms with E-state index in [-0.39, 0.29) is 11.9 Å². The monoisotopic (exact) mass is 212 g/mol. The molecule has 0 N–H and O–H groups in total. The van der Waals surface area contributed by atoms with Gasteiger partial charge in [-0.1, -0.05) is 38.5 Å². The van der Waals surface area contributed by atoms with Crippen LogP contribution in [0, 0.1) is 5.92 Å². The van der Waals surface area contributed by atoms with Crippen molar-refractivity contribution in [3.63, 3.8) is 0 Å². The fraction of sp³-hybridized carbons (Fsp3) is 0.923. The molecule has 0 unspecified atom stereocenters. The molecular weight excluding hydrogens is 188 g/mol. The van der Waals surface area contributed by atoms with Gasteiger partial charge >= 0.3 is 0 Å². The predicted octanol–water partition coefficient (Wildman–Crippen LogP) is 3.34. The highest BCUT2D eigenvalue weighted by molar-refractivity contribution is 5.79. The van der Waals surface area contributed by atoms with Gasteiger partial charge in [0.1, 0.15) is 6.61 Å². The Morgan fingerprint density at radius 3 is 2.33 bits per heavy atom. The third-order valence-corrected chi connectivity index (χ3v) is 3.07. The molecular formula is C13H24O2. The number of carbonyl (C=O) groups excluding carboxylic acids is 1. The maximum atomic E-state index is 11.6. The number of Topliss-reactive ketones (excluding diaryl/α,β-unsaturated/α-hetero) is 1. The Bertz CT molecular complexity index is 179. The average Bonchev–Trinajstić information content (AvgIpc) is 2.43. The molecule has 1 saturated carbocycles. The summed E-state index contributed by atoms with van der Waals surface area (Å²) in [6, 6.07) is 0. The minimum Gasteiger partial charge on any atom is -0.371 e. The van der Waals surface area contributed by atoms with Gasteiger partial charge in [-0.15, -0.1) is 0 Å². The summed E-state index contributed by atoms with van der Waals surface area (Å²) >= 11 is 0. The van der Waals surface area contributed by atoms with Crippen LogP contribution in [0.2, 0.25) is 0 Å². The standard InChI is InChI=1S/C13H24O2/c1-11(2)15-10-13(14)9-12-7-5-3-4-6-8-12/h11-12H,3-10H2,1-2H3. The van der Waals surface area contributed by atoms with Crippen molar-refractivity contribution in [1.82, 2.24) is 0 Å². The third kappa shape index (κ3) is 5.93. The molecule has 0 saturated heterocycles. The molecule has 0 aromatic rings. The Hall–Kier alpha value is -0.370. The summed E-state index contributed by atoms with van der Waals surface area (Å²) in [7, 11) is 0. The first-order valence-corrected chi connectivity index (χ1v) is 6.32. The zero-order chi connectivity index (χ0) is 11.1. The van der Waals surface area contributed by atoms with E-state index < -0.39 is 0 Å². The highest BCUT2D eigenvalue weighted by Gasteiger charge is 2.16. The molecule has 0 radical (unpaired) electrons. The molecule has 15 heavy (non-hydrogen) atoms. The lowest BCUT2D eigenvalue weighted by molar-refractivity contribution is -0.126. The highest BCUT2D eigenvalue weighted by atomic mass is 16.5. The summed E-state index contributed by atoms with van der Waals surface area (Å²) in [6.45, 7) is 4.26. The molecule has 0 heterocycles. The van der Waals surface area contributed by atoms with Crippen LogP contribution in [0.3, 0.4) is 0 Å². The van der Waals surface area contributed by atoms with E-state index in [4.69, 9.17) is 4.74 Å². The van der Waals surface area contributed by atoms with E-state index in [1.165, 1.54) is 38.5 Å². The Morgan fingerprint density at radius 2 is 1.80 bits per heavy atom. The van der Waals surface area contributed by atoms with Crippen LogP contribution in [0.1, 0.15) is 58.8 Å². The maximum absolute atomic E-state index is 11.6. The smallest absolute Gasteiger partial charge is 0.158 e. The summed E-state index contributed by atoms with van der Waals surface area (Å²) in [5.74, 6) is 0.923. The molecule has 0 aromatic carbocycles. The van der Waals surface area contributed by atoms with E-state index in [0.29, 0.717) is 12.5 Å². The molecule has 0 spiro atoms. The van der Waals surface area contributed by atoms with Crippen molar-refractivity contribution in [2.75, 3.05) is 6.61 Å². The van der Waals surface area contributed by atoms with Crippen molar-refractivity contribution in [2.24, 2.45) is 5.92 Å². The molecule has 1 aliphatic carbocycles. The van der Waals surface area contributed by atoms with Crippen molar-refractivity contribution in [1.29, 1.82) is 0 Å². The number of ketones is 1. The molecule has 88 valence electrons. The van der Waals surface area contributed by atoms with Crippen molar-refractivity contribution < 1.29 is 9.53 Å².